The molecular weight excluding hydrogens is 364 g/mol. The third-order valence-corrected chi connectivity index (χ3v) is 4.69. The van der Waals surface area contributed by atoms with Gasteiger partial charge in [0.05, 0.1) is 0 Å². The molecule has 6 nitrogen and oxygen atoms in total. The number of hydrogen-bond donors (Lipinski definition) is 2. The van der Waals surface area contributed by atoms with Gasteiger partial charge in [-0.15, -0.1) is 0 Å². The first-order valence-electron chi connectivity index (χ1n) is 9.67. The van der Waals surface area contributed by atoms with E-state index >= 15 is 0 Å². The number of anilines is 1. The summed E-state index contributed by atoms with van der Waals surface area (Å²) in [5.41, 5.74) is 4.52. The molecule has 0 saturated heterocycles. The van der Waals surface area contributed by atoms with E-state index in [1.807, 2.05) is 30.3 Å². The Morgan fingerprint density at radius 1 is 0.897 bits per heavy atom. The molecule has 3 aromatic rings. The molecule has 0 aliphatic carbocycles. The minimum atomic E-state index is -0.329. The Morgan fingerprint density at radius 2 is 1.59 bits per heavy atom. The molecule has 0 bridgehead atoms. The second kappa shape index (κ2) is 9.59. The van der Waals surface area contributed by atoms with E-state index in [0.29, 0.717) is 12.1 Å². The Hall–Kier alpha value is -3.54. The number of amides is 2. The van der Waals surface area contributed by atoms with Crippen LogP contribution >= 0.6 is 0 Å². The van der Waals surface area contributed by atoms with Crippen molar-refractivity contribution >= 4 is 17.5 Å². The minimum absolute atomic E-state index is 0.203. The molecule has 2 aromatic heterocycles. The number of nitrogens with zero attached hydrogens (tertiary/aromatic N) is 2. The molecule has 2 N–H and O–H groups in total. The zero-order valence-electron chi connectivity index (χ0n) is 16.6. The van der Waals surface area contributed by atoms with Crippen LogP contribution in [0.2, 0.25) is 0 Å². The molecular formula is C23H24N4O2. The van der Waals surface area contributed by atoms with Gasteiger partial charge in [-0.05, 0) is 53.8 Å². The van der Waals surface area contributed by atoms with E-state index < -0.39 is 0 Å². The van der Waals surface area contributed by atoms with Gasteiger partial charge >= 0.3 is 0 Å². The molecule has 148 valence electrons. The van der Waals surface area contributed by atoms with E-state index in [1.165, 1.54) is 12.3 Å². The summed E-state index contributed by atoms with van der Waals surface area (Å²) < 4.78 is 0. The van der Waals surface area contributed by atoms with Crippen LogP contribution in [-0.2, 0) is 19.4 Å². The van der Waals surface area contributed by atoms with E-state index in [4.69, 9.17) is 0 Å². The third kappa shape index (κ3) is 5.04. The first-order valence-corrected chi connectivity index (χ1v) is 9.67. The van der Waals surface area contributed by atoms with Gasteiger partial charge in [-0.25, -0.2) is 0 Å². The third-order valence-electron chi connectivity index (χ3n) is 4.69. The zero-order valence-corrected chi connectivity index (χ0v) is 16.6. The molecule has 2 amide bonds. The summed E-state index contributed by atoms with van der Waals surface area (Å²) >= 11 is 0. The maximum atomic E-state index is 12.8. The van der Waals surface area contributed by atoms with Crippen molar-refractivity contribution in [2.24, 2.45) is 0 Å². The Labute approximate surface area is 170 Å². The van der Waals surface area contributed by atoms with Crippen molar-refractivity contribution in [2.75, 3.05) is 5.32 Å². The van der Waals surface area contributed by atoms with Crippen molar-refractivity contribution in [3.63, 3.8) is 0 Å². The number of para-hydroxylation sites is 1. The van der Waals surface area contributed by atoms with E-state index in [-0.39, 0.29) is 17.5 Å². The van der Waals surface area contributed by atoms with Gasteiger partial charge in [0.15, 0.2) is 0 Å². The van der Waals surface area contributed by atoms with Crippen LogP contribution in [0.3, 0.4) is 0 Å². The van der Waals surface area contributed by atoms with Crippen molar-refractivity contribution in [1.29, 1.82) is 0 Å². The maximum absolute atomic E-state index is 12.8. The average Bonchev–Trinajstić information content (AvgIpc) is 2.78. The van der Waals surface area contributed by atoms with E-state index in [1.54, 1.807) is 18.5 Å². The Kier molecular flexibility index (Phi) is 6.68. The topological polar surface area (TPSA) is 84.0 Å². The summed E-state index contributed by atoms with van der Waals surface area (Å²) in [4.78, 5) is 33.4. The summed E-state index contributed by atoms with van der Waals surface area (Å²) in [5.74, 6) is -0.592. The number of nitrogens with one attached hydrogen (secondary N) is 2. The van der Waals surface area contributed by atoms with Gasteiger partial charge in [0, 0.05) is 36.4 Å². The molecule has 0 fully saturated rings. The largest absolute Gasteiger partial charge is 0.348 e. The lowest BCUT2D eigenvalue weighted by Gasteiger charge is -2.14. The van der Waals surface area contributed by atoms with Crippen molar-refractivity contribution < 1.29 is 9.59 Å². The number of carbonyl (C=O) groups excluding carboxylic acids is 2. The van der Waals surface area contributed by atoms with Gasteiger partial charge in [0.1, 0.15) is 5.69 Å². The molecule has 0 saturated carbocycles. The molecule has 0 aliphatic rings. The maximum Gasteiger partial charge on any atom is 0.274 e. The highest BCUT2D eigenvalue weighted by Crippen LogP contribution is 2.23. The summed E-state index contributed by atoms with van der Waals surface area (Å²) in [6.07, 6.45) is 6.45. The first kappa shape index (κ1) is 20.2. The number of pyridine rings is 2. The molecule has 0 aliphatic heterocycles. The van der Waals surface area contributed by atoms with Crippen LogP contribution in [0.15, 0.2) is 61.1 Å². The van der Waals surface area contributed by atoms with Crippen molar-refractivity contribution in [2.45, 2.75) is 33.2 Å². The number of hydrogen-bond acceptors (Lipinski definition) is 4. The molecule has 29 heavy (non-hydrogen) atoms. The zero-order chi connectivity index (χ0) is 20.6. The predicted molar refractivity (Wildman–Crippen MR) is 113 cm³/mol. The van der Waals surface area contributed by atoms with Crippen LogP contribution in [0.1, 0.15) is 51.4 Å². The number of aromatic nitrogens is 2. The van der Waals surface area contributed by atoms with Crippen LogP contribution in [0.25, 0.3) is 0 Å². The van der Waals surface area contributed by atoms with Gasteiger partial charge in [0.25, 0.3) is 11.8 Å². The normalized spacial score (nSPS) is 10.4. The fraction of sp³-hybridized carbons (Fsp3) is 0.217. The highest BCUT2D eigenvalue weighted by molar-refractivity contribution is 6.05. The summed E-state index contributed by atoms with van der Waals surface area (Å²) in [5, 5.41) is 5.82. The molecule has 0 spiro atoms. The fourth-order valence-electron chi connectivity index (χ4n) is 3.06. The molecule has 2 heterocycles. The fourth-order valence-corrected chi connectivity index (χ4v) is 3.06. The van der Waals surface area contributed by atoms with Crippen LogP contribution in [0.5, 0.6) is 0 Å². The van der Waals surface area contributed by atoms with E-state index in [0.717, 1.165) is 35.2 Å². The van der Waals surface area contributed by atoms with Gasteiger partial charge in [-0.2, -0.15) is 0 Å². The van der Waals surface area contributed by atoms with Crippen LogP contribution in [-0.4, -0.2) is 21.8 Å². The molecule has 6 heteroatoms. The van der Waals surface area contributed by atoms with E-state index in [9.17, 15) is 9.59 Å². The lowest BCUT2D eigenvalue weighted by atomic mass is 10.0. The summed E-state index contributed by atoms with van der Waals surface area (Å²) in [6.45, 7) is 4.49. The van der Waals surface area contributed by atoms with Gasteiger partial charge < -0.3 is 10.6 Å². The van der Waals surface area contributed by atoms with Crippen LogP contribution < -0.4 is 10.6 Å². The van der Waals surface area contributed by atoms with Gasteiger partial charge in [-0.1, -0.05) is 32.0 Å². The molecule has 0 atom stereocenters. The Morgan fingerprint density at radius 3 is 2.24 bits per heavy atom. The number of benzene rings is 1. The minimum Gasteiger partial charge on any atom is -0.348 e. The number of aryl methyl sites for hydroxylation is 2. The van der Waals surface area contributed by atoms with Crippen molar-refractivity contribution in [3.05, 3.63) is 89.0 Å². The second-order valence-electron chi connectivity index (χ2n) is 6.58. The quantitative estimate of drug-likeness (QED) is 0.645. The van der Waals surface area contributed by atoms with Gasteiger partial charge in [0.2, 0.25) is 0 Å². The summed E-state index contributed by atoms with van der Waals surface area (Å²) in [7, 11) is 0. The predicted octanol–water partition coefficient (Wildman–Crippen LogP) is 3.78. The lowest BCUT2D eigenvalue weighted by Crippen LogP contribution is -2.24. The van der Waals surface area contributed by atoms with E-state index in [2.05, 4.69) is 34.4 Å². The Bertz CT molecular complexity index is 981. The van der Waals surface area contributed by atoms with Crippen molar-refractivity contribution in [1.82, 2.24) is 15.3 Å². The SMILES string of the molecule is CCc1cccc(CC)c1NC(=O)c1cc(C(=O)NCc2ccncc2)ccn1. The second-order valence-corrected chi connectivity index (χ2v) is 6.58. The molecule has 0 radical (unpaired) electrons. The molecule has 1 aromatic carbocycles. The highest BCUT2D eigenvalue weighted by atomic mass is 16.2. The smallest absolute Gasteiger partial charge is 0.274 e. The monoisotopic (exact) mass is 388 g/mol. The Balaban J connectivity index is 1.74. The standard InChI is InChI=1S/C23H24N4O2/c1-3-17-6-5-7-18(4-2)21(17)27-23(29)20-14-19(10-13-25-20)22(28)26-15-16-8-11-24-12-9-16/h5-14H,3-4,15H2,1-2H3,(H,26,28)(H,27,29). The first-order chi connectivity index (χ1) is 14.1. The van der Waals surface area contributed by atoms with Crippen LogP contribution in [0.4, 0.5) is 5.69 Å². The molecule has 3 rings (SSSR count). The van der Waals surface area contributed by atoms with Crippen molar-refractivity contribution in [3.8, 4) is 0 Å². The number of rotatable bonds is 7. The average molecular weight is 388 g/mol. The van der Waals surface area contributed by atoms with Gasteiger partial charge in [-0.3, -0.25) is 19.6 Å². The lowest BCUT2D eigenvalue weighted by molar-refractivity contribution is 0.0950. The molecule has 0 unspecified atom stereocenters. The van der Waals surface area contributed by atoms with Crippen LogP contribution in [0, 0.1) is 0 Å². The highest BCUT2D eigenvalue weighted by Gasteiger charge is 2.15. The summed E-state index contributed by atoms with van der Waals surface area (Å²) in [6, 6.07) is 12.8. The number of carbonyl (C=O) groups is 2.